The molecular weight excluding hydrogens is 686 g/mol. The molecule has 0 aromatic heterocycles. The van der Waals surface area contributed by atoms with Crippen molar-refractivity contribution in [2.24, 2.45) is 0 Å². The number of halogens is 6. The number of methoxy groups -OCH3 is 1. The monoisotopic (exact) mass is 722 g/mol. The van der Waals surface area contributed by atoms with E-state index in [0.717, 1.165) is 18.2 Å². The van der Waals surface area contributed by atoms with E-state index in [0.29, 0.717) is 49.5 Å². The van der Waals surface area contributed by atoms with Crippen molar-refractivity contribution < 1.29 is 49.1 Å². The number of amides is 2. The first-order valence-electron chi connectivity index (χ1n) is 15.1. The van der Waals surface area contributed by atoms with E-state index in [1.54, 1.807) is 23.1 Å². The second-order valence-electron chi connectivity index (χ2n) is 11.2. The number of rotatable bonds is 10. The van der Waals surface area contributed by atoms with E-state index in [2.05, 4.69) is 5.32 Å². The lowest BCUT2D eigenvalue weighted by Gasteiger charge is -2.33. The molecule has 4 rings (SSSR count). The number of nitrogens with one attached hydrogen (secondary N) is 1. The van der Waals surface area contributed by atoms with E-state index in [1.165, 1.54) is 29.3 Å². The van der Waals surface area contributed by atoms with Gasteiger partial charge in [-0.2, -0.15) is 30.6 Å². The Hall–Kier alpha value is -3.28. The lowest BCUT2D eigenvalue weighted by molar-refractivity contribution is -0.163. The number of sulfonamides is 1. The minimum Gasteiger partial charge on any atom is -0.382 e. The third-order valence-corrected chi connectivity index (χ3v) is 11.0. The summed E-state index contributed by atoms with van der Waals surface area (Å²) in [6, 6.07) is 8.16. The molecule has 48 heavy (non-hydrogen) atoms. The zero-order valence-electron chi connectivity index (χ0n) is 26.2. The first-order chi connectivity index (χ1) is 22.5. The average molecular weight is 723 g/mol. The van der Waals surface area contributed by atoms with Crippen LogP contribution in [0.25, 0.3) is 6.08 Å². The normalized spacial score (nSPS) is 17.2. The number of anilines is 1. The molecule has 2 aromatic carbocycles. The molecule has 264 valence electrons. The van der Waals surface area contributed by atoms with Gasteiger partial charge in [0.15, 0.2) is 0 Å². The Bertz CT molecular complexity index is 1600. The zero-order chi connectivity index (χ0) is 35.3. The van der Waals surface area contributed by atoms with Gasteiger partial charge in [-0.15, -0.1) is 0 Å². The van der Waals surface area contributed by atoms with Gasteiger partial charge in [-0.05, 0) is 55.7 Å². The third-order valence-electron chi connectivity index (χ3n) is 8.03. The number of carbonyl (C=O) groups excluding carboxylic acids is 2. The second-order valence-corrected chi connectivity index (χ2v) is 14.6. The molecule has 9 nitrogen and oxygen atoms in total. The summed E-state index contributed by atoms with van der Waals surface area (Å²) in [5, 5.41) is 3.29. The first-order valence-corrected chi connectivity index (χ1v) is 17.5. The number of hydrogen-bond acceptors (Lipinski definition) is 7. The van der Waals surface area contributed by atoms with Crippen LogP contribution in [0, 0.1) is 0 Å². The van der Waals surface area contributed by atoms with Gasteiger partial charge in [-0.25, -0.2) is 8.42 Å². The highest BCUT2D eigenvalue weighted by atomic mass is 32.2. The molecule has 2 fully saturated rings. The van der Waals surface area contributed by atoms with E-state index in [1.807, 2.05) is 0 Å². The summed E-state index contributed by atoms with van der Waals surface area (Å²) in [7, 11) is -2.05. The molecule has 2 heterocycles. The summed E-state index contributed by atoms with van der Waals surface area (Å²) < 4.78 is 116. The summed E-state index contributed by atoms with van der Waals surface area (Å²) in [5.41, 5.74) is -4.03. The molecule has 2 aromatic rings. The highest BCUT2D eigenvalue weighted by Gasteiger charge is 2.46. The zero-order valence-corrected chi connectivity index (χ0v) is 27.9. The Morgan fingerprint density at radius 2 is 1.58 bits per heavy atom. The van der Waals surface area contributed by atoms with E-state index in [9.17, 15) is 44.3 Å². The molecule has 17 heteroatoms. The number of ether oxygens (including phenoxy) is 1. The Balaban J connectivity index is 1.53. The van der Waals surface area contributed by atoms with Crippen LogP contribution in [0.2, 0.25) is 0 Å². The van der Waals surface area contributed by atoms with Gasteiger partial charge >= 0.3 is 12.4 Å². The van der Waals surface area contributed by atoms with E-state index >= 15 is 0 Å². The highest BCUT2D eigenvalue weighted by Crippen LogP contribution is 2.48. The number of alkyl halides is 6. The number of carbonyl (C=O) groups is 2. The molecule has 2 saturated heterocycles. The molecule has 0 bridgehead atoms. The van der Waals surface area contributed by atoms with Crippen LogP contribution in [0.5, 0.6) is 0 Å². The highest BCUT2D eigenvalue weighted by molar-refractivity contribution is 7.99. The van der Waals surface area contributed by atoms with Crippen LogP contribution in [0.1, 0.15) is 36.5 Å². The fourth-order valence-electron chi connectivity index (χ4n) is 5.55. The molecule has 0 unspecified atom stereocenters. The summed E-state index contributed by atoms with van der Waals surface area (Å²) >= 11 is 0.537. The SMILES string of the molecule is CCS(=O)(=O)N1CCN(C(=O)C=Cc2ccc(Sc3cccc(NC4CCN(C(=O)COC)CC4)c3)c(C(F)(F)F)c2C(F)(F)F)CC1. The Labute approximate surface area is 279 Å². The molecule has 2 amide bonds. The predicted molar refractivity (Wildman–Crippen MR) is 169 cm³/mol. The topological polar surface area (TPSA) is 99.3 Å². The van der Waals surface area contributed by atoms with E-state index in [4.69, 9.17) is 4.74 Å². The van der Waals surface area contributed by atoms with Crippen LogP contribution in [0.15, 0.2) is 52.3 Å². The maximum atomic E-state index is 14.4. The molecule has 2 aliphatic heterocycles. The van der Waals surface area contributed by atoms with Crippen molar-refractivity contribution in [3.63, 3.8) is 0 Å². The van der Waals surface area contributed by atoms with Crippen molar-refractivity contribution in [1.29, 1.82) is 0 Å². The van der Waals surface area contributed by atoms with Crippen LogP contribution < -0.4 is 5.32 Å². The molecule has 0 radical (unpaired) electrons. The Morgan fingerprint density at radius 3 is 2.17 bits per heavy atom. The Kier molecular flexibility index (Phi) is 12.1. The number of piperazine rings is 1. The smallest absolute Gasteiger partial charge is 0.382 e. The molecule has 1 N–H and O–H groups in total. The lowest BCUT2D eigenvalue weighted by Crippen LogP contribution is -2.50. The largest absolute Gasteiger partial charge is 0.418 e. The number of piperidine rings is 1. The summed E-state index contributed by atoms with van der Waals surface area (Å²) in [6.07, 6.45) is -8.07. The van der Waals surface area contributed by atoms with Gasteiger partial charge in [-0.3, -0.25) is 9.59 Å². The number of hydrogen-bond donors (Lipinski definition) is 1. The van der Waals surface area contributed by atoms with Crippen LogP contribution in [0.3, 0.4) is 0 Å². The van der Waals surface area contributed by atoms with Crippen molar-refractivity contribution in [3.8, 4) is 0 Å². The number of nitrogens with zero attached hydrogens (tertiary/aromatic N) is 3. The van der Waals surface area contributed by atoms with Crippen molar-refractivity contribution in [2.45, 2.75) is 48.0 Å². The molecule has 0 saturated carbocycles. The number of likely N-dealkylation sites (tertiary alicyclic amines) is 1. The number of benzene rings is 2. The Morgan fingerprint density at radius 1 is 0.938 bits per heavy atom. The van der Waals surface area contributed by atoms with E-state index in [-0.39, 0.29) is 55.4 Å². The molecule has 0 atom stereocenters. The fourth-order valence-corrected chi connectivity index (χ4v) is 7.67. The second kappa shape index (κ2) is 15.5. The molecule has 0 aliphatic carbocycles. The minimum absolute atomic E-state index is 0.000429. The third kappa shape index (κ3) is 9.45. The minimum atomic E-state index is -5.41. The van der Waals surface area contributed by atoms with Crippen LogP contribution >= 0.6 is 11.8 Å². The average Bonchev–Trinajstić information content (AvgIpc) is 3.03. The van der Waals surface area contributed by atoms with Crippen LogP contribution in [0.4, 0.5) is 32.0 Å². The van der Waals surface area contributed by atoms with Crippen molar-refractivity contribution in [2.75, 3.05) is 64.1 Å². The fraction of sp³-hybridized carbons (Fsp3) is 0.484. The van der Waals surface area contributed by atoms with E-state index < -0.39 is 49.9 Å². The van der Waals surface area contributed by atoms with Gasteiger partial charge in [0, 0.05) is 74.0 Å². The van der Waals surface area contributed by atoms with Crippen LogP contribution in [-0.2, 0) is 36.7 Å². The maximum Gasteiger partial charge on any atom is 0.418 e. The molecular formula is C31H36F6N4O5S2. The van der Waals surface area contributed by atoms with Gasteiger partial charge < -0.3 is 19.9 Å². The quantitative estimate of drug-likeness (QED) is 0.258. The first kappa shape index (κ1) is 37.5. The lowest BCUT2D eigenvalue weighted by atomic mass is 9.99. The van der Waals surface area contributed by atoms with Crippen molar-refractivity contribution in [1.82, 2.24) is 14.1 Å². The van der Waals surface area contributed by atoms with Crippen molar-refractivity contribution in [3.05, 3.63) is 59.2 Å². The van der Waals surface area contributed by atoms with Gasteiger partial charge in [0.2, 0.25) is 21.8 Å². The predicted octanol–water partition coefficient (Wildman–Crippen LogP) is 5.43. The van der Waals surface area contributed by atoms with Gasteiger partial charge in [0.05, 0.1) is 16.9 Å². The standard InChI is InChI=1S/C31H36F6N4O5S2/c1-3-48(44,45)41-17-15-40(16-18-41)26(42)10-8-21-7-9-25(29(31(35,36)37)28(21)30(32,33)34)47-24-6-4-5-23(19-24)38-22-11-13-39(14-12-22)27(43)20-46-2/h4-10,19,22,38H,3,11-18,20H2,1-2H3. The van der Waals surface area contributed by atoms with Gasteiger partial charge in [-0.1, -0.05) is 23.9 Å². The molecule has 0 spiro atoms. The van der Waals surface area contributed by atoms with Gasteiger partial charge in [0.1, 0.15) is 6.61 Å². The maximum absolute atomic E-state index is 14.4. The van der Waals surface area contributed by atoms with Gasteiger partial charge in [0.25, 0.3) is 0 Å². The summed E-state index contributed by atoms with van der Waals surface area (Å²) in [5.74, 6) is -1.000. The summed E-state index contributed by atoms with van der Waals surface area (Å²) in [4.78, 5) is 27.3. The summed E-state index contributed by atoms with van der Waals surface area (Å²) in [6.45, 7) is 2.42. The van der Waals surface area contributed by atoms with Crippen LogP contribution in [-0.4, -0.2) is 99.1 Å². The molecule has 2 aliphatic rings. The van der Waals surface area contributed by atoms with Crippen molar-refractivity contribution >= 4 is 45.4 Å².